The van der Waals surface area contributed by atoms with Crippen LogP contribution in [0.2, 0.25) is 5.02 Å². The molecule has 0 bridgehead atoms. The molecule has 0 unspecified atom stereocenters. The normalized spacial score (nSPS) is 11.7. The topological polar surface area (TPSA) is 108 Å². The minimum atomic E-state index is -3.60. The Hall–Kier alpha value is -1.62. The number of nitrogens with zero attached hydrogens (tertiary/aromatic N) is 3. The number of nitrogens with one attached hydrogen (secondary N) is 2. The summed E-state index contributed by atoms with van der Waals surface area (Å²) >= 11 is 7.18. The second-order valence-corrected chi connectivity index (χ2v) is 8.08. The van der Waals surface area contributed by atoms with Crippen molar-refractivity contribution in [2.24, 2.45) is 0 Å². The highest BCUT2D eigenvalue weighted by Gasteiger charge is 2.19. The number of aromatic amines is 1. The Morgan fingerprint density at radius 3 is 2.78 bits per heavy atom. The number of anilines is 1. The van der Waals surface area contributed by atoms with Gasteiger partial charge in [0.1, 0.15) is 6.33 Å². The van der Waals surface area contributed by atoms with Crippen LogP contribution >= 0.6 is 23.4 Å². The molecule has 0 fully saturated rings. The smallest absolute Gasteiger partial charge is 0.242 e. The van der Waals surface area contributed by atoms with Gasteiger partial charge in [0.05, 0.1) is 21.4 Å². The summed E-state index contributed by atoms with van der Waals surface area (Å²) in [5, 5.41) is 9.64. The molecule has 0 saturated heterocycles. The van der Waals surface area contributed by atoms with Crippen LogP contribution in [0.3, 0.4) is 0 Å². The summed E-state index contributed by atoms with van der Waals surface area (Å²) in [5.41, 5.74) is 0.234. The molecule has 1 aromatic carbocycles. The monoisotopic (exact) mass is 375 g/mol. The molecule has 2 N–H and O–H groups in total. The van der Waals surface area contributed by atoms with Crippen molar-refractivity contribution in [3.05, 3.63) is 29.5 Å². The van der Waals surface area contributed by atoms with Gasteiger partial charge in [-0.1, -0.05) is 23.4 Å². The van der Waals surface area contributed by atoms with Crippen LogP contribution < -0.4 is 5.32 Å². The minimum absolute atomic E-state index is 0.0464. The number of H-pyrrole nitrogens is 1. The summed E-state index contributed by atoms with van der Waals surface area (Å²) < 4.78 is 25.3. The van der Waals surface area contributed by atoms with E-state index in [2.05, 4.69) is 20.5 Å². The summed E-state index contributed by atoms with van der Waals surface area (Å²) in [6.07, 6.45) is 1.34. The zero-order chi connectivity index (χ0) is 17.0. The summed E-state index contributed by atoms with van der Waals surface area (Å²) in [4.78, 5) is 15.9. The Morgan fingerprint density at radius 2 is 2.17 bits per heavy atom. The van der Waals surface area contributed by atoms with Crippen LogP contribution in [0.25, 0.3) is 0 Å². The maximum absolute atomic E-state index is 12.1. The maximum atomic E-state index is 12.1. The van der Waals surface area contributed by atoms with Crippen LogP contribution in [-0.4, -0.2) is 53.7 Å². The quantitative estimate of drug-likeness (QED) is 0.739. The molecule has 0 saturated carbocycles. The molecule has 0 radical (unpaired) electrons. The number of hydrogen-bond donors (Lipinski definition) is 2. The first-order valence-electron chi connectivity index (χ1n) is 6.31. The number of benzene rings is 1. The highest BCUT2D eigenvalue weighted by atomic mass is 35.5. The molecule has 0 aliphatic heterocycles. The predicted octanol–water partition coefficient (Wildman–Crippen LogP) is 1.44. The summed E-state index contributed by atoms with van der Waals surface area (Å²) in [5.74, 6) is -0.261. The molecular weight excluding hydrogens is 362 g/mol. The number of sulfonamides is 1. The Labute approximate surface area is 142 Å². The van der Waals surface area contributed by atoms with Gasteiger partial charge in [0.2, 0.25) is 15.9 Å². The van der Waals surface area contributed by atoms with Gasteiger partial charge in [-0.05, 0) is 18.2 Å². The fourth-order valence-corrected chi connectivity index (χ4v) is 3.23. The van der Waals surface area contributed by atoms with Gasteiger partial charge in [-0.15, -0.1) is 0 Å². The van der Waals surface area contributed by atoms with Crippen molar-refractivity contribution in [1.29, 1.82) is 0 Å². The van der Waals surface area contributed by atoms with Crippen LogP contribution in [0.15, 0.2) is 34.6 Å². The third-order valence-electron chi connectivity index (χ3n) is 2.72. The summed E-state index contributed by atoms with van der Waals surface area (Å²) in [7, 11) is -0.751. The molecule has 0 aliphatic rings. The number of rotatable bonds is 6. The van der Waals surface area contributed by atoms with Crippen molar-refractivity contribution in [3.63, 3.8) is 0 Å². The average Bonchev–Trinajstić information content (AvgIpc) is 3.00. The van der Waals surface area contributed by atoms with E-state index in [1.54, 1.807) is 0 Å². The molecule has 8 nitrogen and oxygen atoms in total. The van der Waals surface area contributed by atoms with Gasteiger partial charge in [-0.3, -0.25) is 9.89 Å². The summed E-state index contributed by atoms with van der Waals surface area (Å²) in [6, 6.07) is 4.14. The van der Waals surface area contributed by atoms with Gasteiger partial charge in [-0.2, -0.15) is 5.10 Å². The maximum Gasteiger partial charge on any atom is 0.242 e. The number of amides is 1. The molecule has 1 aromatic heterocycles. The number of carbonyl (C=O) groups excluding carboxylic acids is 1. The van der Waals surface area contributed by atoms with E-state index in [0.717, 1.165) is 16.1 Å². The van der Waals surface area contributed by atoms with Crippen LogP contribution in [-0.2, 0) is 14.8 Å². The van der Waals surface area contributed by atoms with Crippen molar-refractivity contribution in [3.8, 4) is 0 Å². The molecule has 1 heterocycles. The Kier molecular flexibility index (Phi) is 5.63. The van der Waals surface area contributed by atoms with Gasteiger partial charge in [0.15, 0.2) is 5.16 Å². The lowest BCUT2D eigenvalue weighted by Crippen LogP contribution is -2.22. The third kappa shape index (κ3) is 4.44. The number of thioether (sulfide) groups is 1. The molecule has 2 rings (SSSR count). The van der Waals surface area contributed by atoms with Gasteiger partial charge in [-0.25, -0.2) is 17.7 Å². The second-order valence-electron chi connectivity index (χ2n) is 4.56. The van der Waals surface area contributed by atoms with E-state index in [9.17, 15) is 13.2 Å². The Balaban J connectivity index is 2.11. The average molecular weight is 376 g/mol. The first kappa shape index (κ1) is 17.7. The lowest BCUT2D eigenvalue weighted by Gasteiger charge is -2.13. The van der Waals surface area contributed by atoms with Crippen molar-refractivity contribution < 1.29 is 13.2 Å². The van der Waals surface area contributed by atoms with E-state index < -0.39 is 10.0 Å². The molecule has 124 valence electrons. The molecule has 1 amide bonds. The number of halogens is 1. The van der Waals surface area contributed by atoms with Gasteiger partial charge in [0, 0.05) is 14.1 Å². The van der Waals surface area contributed by atoms with Crippen molar-refractivity contribution in [2.75, 3.05) is 25.2 Å². The number of aromatic nitrogens is 3. The molecule has 23 heavy (non-hydrogen) atoms. The first-order valence-corrected chi connectivity index (χ1v) is 9.11. The Bertz CT molecular complexity index is 793. The molecule has 0 spiro atoms. The second kappa shape index (κ2) is 7.30. The van der Waals surface area contributed by atoms with Crippen molar-refractivity contribution >= 4 is 45.0 Å². The lowest BCUT2D eigenvalue weighted by atomic mass is 10.3. The van der Waals surface area contributed by atoms with Gasteiger partial charge >= 0.3 is 0 Å². The summed E-state index contributed by atoms with van der Waals surface area (Å²) in [6.45, 7) is 0. The molecule has 2 aromatic rings. The minimum Gasteiger partial charge on any atom is -0.324 e. The number of carbonyl (C=O) groups is 1. The van der Waals surface area contributed by atoms with Gasteiger partial charge < -0.3 is 5.32 Å². The van der Waals surface area contributed by atoms with Crippen molar-refractivity contribution in [2.45, 2.75) is 10.1 Å². The standard InChI is InChI=1S/C12H14ClN5O3S2/c1-18(2)23(20,21)8-3-4-9(13)10(5-8)16-11(19)6-22-12-14-7-15-17-12/h3-5,7H,6H2,1-2H3,(H,16,19)(H,14,15,17). The van der Waals surface area contributed by atoms with E-state index in [1.807, 2.05) is 0 Å². The van der Waals surface area contributed by atoms with Crippen LogP contribution in [0.1, 0.15) is 0 Å². The van der Waals surface area contributed by atoms with E-state index in [-0.39, 0.29) is 27.3 Å². The van der Waals surface area contributed by atoms with E-state index >= 15 is 0 Å². The van der Waals surface area contributed by atoms with Gasteiger partial charge in [0.25, 0.3) is 0 Å². The highest BCUT2D eigenvalue weighted by molar-refractivity contribution is 7.99. The van der Waals surface area contributed by atoms with E-state index in [4.69, 9.17) is 11.6 Å². The van der Waals surface area contributed by atoms with Crippen molar-refractivity contribution in [1.82, 2.24) is 19.5 Å². The zero-order valence-corrected chi connectivity index (χ0v) is 14.7. The number of hydrogen-bond acceptors (Lipinski definition) is 6. The van der Waals surface area contributed by atoms with Crippen LogP contribution in [0.4, 0.5) is 5.69 Å². The van der Waals surface area contributed by atoms with Crippen LogP contribution in [0, 0.1) is 0 Å². The van der Waals surface area contributed by atoms with E-state index in [0.29, 0.717) is 5.16 Å². The fraction of sp³-hybridized carbons (Fsp3) is 0.250. The highest BCUT2D eigenvalue weighted by Crippen LogP contribution is 2.26. The molecular formula is C12H14ClN5O3S2. The van der Waals surface area contributed by atoms with Crippen LogP contribution in [0.5, 0.6) is 0 Å². The third-order valence-corrected chi connectivity index (χ3v) is 5.74. The Morgan fingerprint density at radius 1 is 1.43 bits per heavy atom. The predicted molar refractivity (Wildman–Crippen MR) is 88.1 cm³/mol. The fourth-order valence-electron chi connectivity index (χ4n) is 1.56. The SMILES string of the molecule is CN(C)S(=O)(=O)c1ccc(Cl)c(NC(=O)CSc2ncn[nH]2)c1. The lowest BCUT2D eigenvalue weighted by molar-refractivity contribution is -0.113. The molecule has 0 aliphatic carbocycles. The largest absolute Gasteiger partial charge is 0.324 e. The zero-order valence-electron chi connectivity index (χ0n) is 12.3. The molecule has 0 atom stereocenters. The first-order chi connectivity index (χ1) is 10.8. The molecule has 11 heteroatoms. The van der Waals surface area contributed by atoms with E-state index in [1.165, 1.54) is 38.6 Å².